The van der Waals surface area contributed by atoms with Crippen molar-refractivity contribution >= 4 is 34.2 Å². The molecule has 0 bridgehead atoms. The van der Waals surface area contributed by atoms with Gasteiger partial charge in [0.1, 0.15) is 0 Å². The molecule has 0 saturated carbocycles. The Balaban J connectivity index is 2.27. The van der Waals surface area contributed by atoms with Gasteiger partial charge in [0.15, 0.2) is 0 Å². The molecule has 0 aliphatic heterocycles. The van der Waals surface area contributed by atoms with Crippen LogP contribution in [-0.4, -0.2) is 10.9 Å². The molecule has 2 aromatic rings. The van der Waals surface area contributed by atoms with Gasteiger partial charge >= 0.3 is 11.7 Å². The van der Waals surface area contributed by atoms with Crippen LogP contribution in [0.1, 0.15) is 10.4 Å². The average Bonchev–Trinajstić information content (AvgIpc) is 2.39. The van der Waals surface area contributed by atoms with Gasteiger partial charge in [0.05, 0.1) is 10.5 Å². The van der Waals surface area contributed by atoms with Crippen molar-refractivity contribution in [1.29, 1.82) is 0 Å². The molecule has 0 heterocycles. The maximum Gasteiger partial charge on any atom is 0.343 e. The molecular weight excluding hydrogens is 361 g/mol. The van der Waals surface area contributed by atoms with Crippen molar-refractivity contribution in [2.75, 3.05) is 0 Å². The van der Waals surface area contributed by atoms with Gasteiger partial charge in [-0.05, 0) is 46.9 Å². The van der Waals surface area contributed by atoms with Crippen molar-refractivity contribution in [2.45, 2.75) is 0 Å². The van der Waals surface area contributed by atoms with E-state index in [0.717, 1.165) is 3.57 Å². The quantitative estimate of drug-likeness (QED) is 0.273. The van der Waals surface area contributed by atoms with Crippen molar-refractivity contribution in [1.82, 2.24) is 0 Å². The summed E-state index contributed by atoms with van der Waals surface area (Å²) in [5.74, 6) is -0.677. The van der Waals surface area contributed by atoms with E-state index in [4.69, 9.17) is 4.74 Å². The number of nitrogens with zero attached hydrogens (tertiary/aromatic N) is 1. The molecule has 0 aromatic heterocycles. The van der Waals surface area contributed by atoms with Crippen LogP contribution in [0, 0.1) is 13.7 Å². The SMILES string of the molecule is O=C(Oc1ccccc1[N+](=O)[O-])c1cccc(I)c1. The van der Waals surface area contributed by atoms with Crippen LogP contribution >= 0.6 is 22.6 Å². The van der Waals surface area contributed by atoms with Gasteiger partial charge < -0.3 is 4.74 Å². The summed E-state index contributed by atoms with van der Waals surface area (Å²) in [5, 5.41) is 10.8. The molecule has 19 heavy (non-hydrogen) atoms. The van der Waals surface area contributed by atoms with Gasteiger partial charge in [0.2, 0.25) is 5.75 Å². The molecule has 0 radical (unpaired) electrons. The first kappa shape index (κ1) is 13.5. The summed E-state index contributed by atoms with van der Waals surface area (Å²) in [5.41, 5.74) is 0.117. The minimum atomic E-state index is -0.618. The van der Waals surface area contributed by atoms with Crippen LogP contribution < -0.4 is 4.74 Å². The maximum absolute atomic E-state index is 11.9. The van der Waals surface area contributed by atoms with Crippen molar-refractivity contribution in [3.63, 3.8) is 0 Å². The zero-order valence-corrected chi connectivity index (χ0v) is 11.7. The zero-order chi connectivity index (χ0) is 13.8. The lowest BCUT2D eigenvalue weighted by Gasteiger charge is -2.05. The number of hydrogen-bond donors (Lipinski definition) is 0. The van der Waals surface area contributed by atoms with Gasteiger partial charge in [-0.15, -0.1) is 0 Å². The molecule has 0 spiro atoms. The Labute approximate surface area is 122 Å². The molecule has 0 aliphatic rings. The molecule has 0 saturated heterocycles. The Morgan fingerprint density at radius 3 is 2.58 bits per heavy atom. The van der Waals surface area contributed by atoms with Gasteiger partial charge in [-0.1, -0.05) is 18.2 Å². The van der Waals surface area contributed by atoms with Crippen LogP contribution in [-0.2, 0) is 0 Å². The van der Waals surface area contributed by atoms with E-state index in [1.165, 1.54) is 18.2 Å². The largest absolute Gasteiger partial charge is 0.416 e. The minimum Gasteiger partial charge on any atom is -0.416 e. The van der Waals surface area contributed by atoms with Crippen LogP contribution in [0.25, 0.3) is 0 Å². The highest BCUT2D eigenvalue weighted by molar-refractivity contribution is 14.1. The number of rotatable bonds is 3. The van der Waals surface area contributed by atoms with Crippen molar-refractivity contribution in [3.05, 3.63) is 67.8 Å². The van der Waals surface area contributed by atoms with Crippen LogP contribution in [0.3, 0.4) is 0 Å². The molecule has 0 amide bonds. The van der Waals surface area contributed by atoms with E-state index < -0.39 is 10.9 Å². The Kier molecular flexibility index (Phi) is 4.10. The first-order valence-corrected chi connectivity index (χ1v) is 6.37. The Morgan fingerprint density at radius 1 is 1.16 bits per heavy atom. The third-order valence-electron chi connectivity index (χ3n) is 2.32. The molecule has 2 aromatic carbocycles. The standard InChI is InChI=1S/C13H8INO4/c14-10-5-3-4-9(8-10)13(16)19-12-7-2-1-6-11(12)15(17)18/h1-8H. The molecule has 0 aliphatic carbocycles. The van der Waals surface area contributed by atoms with Gasteiger partial charge in [-0.2, -0.15) is 0 Å². The highest BCUT2D eigenvalue weighted by Gasteiger charge is 2.17. The summed E-state index contributed by atoms with van der Waals surface area (Å²) in [6, 6.07) is 12.6. The maximum atomic E-state index is 11.9. The zero-order valence-electron chi connectivity index (χ0n) is 9.58. The third-order valence-corrected chi connectivity index (χ3v) is 3.00. The molecule has 0 unspecified atom stereocenters. The predicted octanol–water partition coefficient (Wildman–Crippen LogP) is 3.42. The molecule has 5 nitrogen and oxygen atoms in total. The molecule has 0 atom stereocenters. The molecule has 6 heteroatoms. The second kappa shape index (κ2) is 5.79. The van der Waals surface area contributed by atoms with E-state index >= 15 is 0 Å². The molecule has 2 rings (SSSR count). The van der Waals surface area contributed by atoms with E-state index in [9.17, 15) is 14.9 Å². The fourth-order valence-corrected chi connectivity index (χ4v) is 2.01. The third kappa shape index (κ3) is 3.28. The van der Waals surface area contributed by atoms with E-state index in [-0.39, 0.29) is 11.4 Å². The number of nitro benzene ring substituents is 1. The first-order valence-electron chi connectivity index (χ1n) is 5.29. The Morgan fingerprint density at radius 2 is 1.89 bits per heavy atom. The summed E-state index contributed by atoms with van der Waals surface area (Å²) in [6.45, 7) is 0. The van der Waals surface area contributed by atoms with Gasteiger partial charge in [-0.25, -0.2) is 4.79 Å². The fraction of sp³-hybridized carbons (Fsp3) is 0. The second-order valence-corrected chi connectivity index (χ2v) is 4.87. The number of esters is 1. The normalized spacial score (nSPS) is 9.95. The molecule has 96 valence electrons. The topological polar surface area (TPSA) is 69.4 Å². The second-order valence-electron chi connectivity index (χ2n) is 3.62. The number of nitro groups is 1. The monoisotopic (exact) mass is 369 g/mol. The number of benzene rings is 2. The summed E-state index contributed by atoms with van der Waals surface area (Å²) in [6.07, 6.45) is 0. The van der Waals surface area contributed by atoms with Gasteiger partial charge in [0, 0.05) is 9.64 Å². The number of hydrogen-bond acceptors (Lipinski definition) is 4. The predicted molar refractivity (Wildman–Crippen MR) is 77.2 cm³/mol. The van der Waals surface area contributed by atoms with Crippen molar-refractivity contribution < 1.29 is 14.5 Å². The minimum absolute atomic E-state index is 0.0589. The van der Waals surface area contributed by atoms with Crippen LogP contribution in [0.2, 0.25) is 0 Å². The van der Waals surface area contributed by atoms with Crippen LogP contribution in [0.4, 0.5) is 5.69 Å². The lowest BCUT2D eigenvalue weighted by Crippen LogP contribution is -2.09. The average molecular weight is 369 g/mol. The van der Waals surface area contributed by atoms with E-state index in [2.05, 4.69) is 22.6 Å². The molecular formula is C13H8INO4. The number of carbonyl (C=O) groups excluding carboxylic acids is 1. The highest BCUT2D eigenvalue weighted by atomic mass is 127. The lowest BCUT2D eigenvalue weighted by molar-refractivity contribution is -0.385. The number of ether oxygens (including phenoxy) is 1. The summed E-state index contributed by atoms with van der Waals surface area (Å²) < 4.78 is 5.95. The van der Waals surface area contributed by atoms with E-state index in [1.54, 1.807) is 24.3 Å². The van der Waals surface area contributed by atoms with Gasteiger partial charge in [0.25, 0.3) is 0 Å². The summed E-state index contributed by atoms with van der Waals surface area (Å²) in [7, 11) is 0. The Hall–Kier alpha value is -1.96. The van der Waals surface area contributed by atoms with Crippen LogP contribution in [0.15, 0.2) is 48.5 Å². The van der Waals surface area contributed by atoms with Crippen molar-refractivity contribution in [3.8, 4) is 5.75 Å². The number of para-hydroxylation sites is 2. The van der Waals surface area contributed by atoms with E-state index in [1.807, 2.05) is 6.07 Å². The summed E-state index contributed by atoms with van der Waals surface area (Å²) in [4.78, 5) is 22.1. The number of halogens is 1. The molecule has 0 N–H and O–H groups in total. The molecule has 0 fully saturated rings. The number of carbonyl (C=O) groups is 1. The first-order chi connectivity index (χ1) is 9.08. The van der Waals surface area contributed by atoms with Gasteiger partial charge in [-0.3, -0.25) is 10.1 Å². The lowest BCUT2D eigenvalue weighted by atomic mass is 10.2. The van der Waals surface area contributed by atoms with Crippen molar-refractivity contribution in [2.24, 2.45) is 0 Å². The van der Waals surface area contributed by atoms with Crippen LogP contribution in [0.5, 0.6) is 5.75 Å². The summed E-state index contributed by atoms with van der Waals surface area (Å²) >= 11 is 2.07. The van der Waals surface area contributed by atoms with E-state index in [0.29, 0.717) is 5.56 Å². The highest BCUT2D eigenvalue weighted by Crippen LogP contribution is 2.26. The smallest absolute Gasteiger partial charge is 0.343 e. The Bertz CT molecular complexity index is 642. The fourth-order valence-electron chi connectivity index (χ4n) is 1.47.